The van der Waals surface area contributed by atoms with E-state index in [1.807, 2.05) is 35.8 Å². The SMILES string of the molecule is CCCCOc1ccccc1.Cc1ncsc1CCN1CCNCC1.Cl. The van der Waals surface area contributed by atoms with Gasteiger partial charge in [0.2, 0.25) is 0 Å². The molecule has 146 valence electrons. The van der Waals surface area contributed by atoms with Crippen LogP contribution < -0.4 is 10.1 Å². The first-order chi connectivity index (χ1) is 12.3. The summed E-state index contributed by atoms with van der Waals surface area (Å²) in [5.41, 5.74) is 3.16. The molecule has 1 aromatic carbocycles. The van der Waals surface area contributed by atoms with Crippen molar-refractivity contribution in [3.05, 3.63) is 46.4 Å². The number of para-hydroxylation sites is 1. The van der Waals surface area contributed by atoms with E-state index < -0.39 is 0 Å². The lowest BCUT2D eigenvalue weighted by Crippen LogP contribution is -2.44. The van der Waals surface area contributed by atoms with Crippen molar-refractivity contribution in [2.24, 2.45) is 0 Å². The predicted octanol–water partition coefficient (Wildman–Crippen LogP) is 4.19. The van der Waals surface area contributed by atoms with Crippen LogP contribution in [0, 0.1) is 6.92 Å². The van der Waals surface area contributed by atoms with E-state index in [9.17, 15) is 0 Å². The second-order valence-electron chi connectivity index (χ2n) is 6.22. The van der Waals surface area contributed by atoms with Gasteiger partial charge in [-0.1, -0.05) is 31.5 Å². The molecule has 2 heterocycles. The Hall–Kier alpha value is -1.14. The molecule has 0 saturated carbocycles. The van der Waals surface area contributed by atoms with Crippen molar-refractivity contribution in [2.45, 2.75) is 33.1 Å². The van der Waals surface area contributed by atoms with Crippen molar-refractivity contribution in [1.82, 2.24) is 15.2 Å². The fourth-order valence-corrected chi connectivity index (χ4v) is 3.38. The lowest BCUT2D eigenvalue weighted by atomic mass is 10.2. The molecule has 1 aliphatic heterocycles. The van der Waals surface area contributed by atoms with Crippen molar-refractivity contribution in [3.63, 3.8) is 0 Å². The van der Waals surface area contributed by atoms with Crippen LogP contribution in [0.2, 0.25) is 0 Å². The zero-order valence-electron chi connectivity index (χ0n) is 15.9. The molecule has 0 aliphatic carbocycles. The molecule has 2 aromatic rings. The van der Waals surface area contributed by atoms with Crippen LogP contribution in [0.5, 0.6) is 5.75 Å². The minimum atomic E-state index is 0. The standard InChI is InChI=1S/C10H17N3S.C10H14O.ClH/c1-9-10(14-8-12-9)2-5-13-6-3-11-4-7-13;1-2-3-9-11-10-7-5-4-6-8-10;/h8,11H,2-7H2,1H3;4-8H,2-3,9H2,1H3;1H. The molecule has 4 nitrogen and oxygen atoms in total. The lowest BCUT2D eigenvalue weighted by Gasteiger charge is -2.26. The normalized spacial score (nSPS) is 14.1. The number of benzene rings is 1. The molecule has 0 spiro atoms. The summed E-state index contributed by atoms with van der Waals surface area (Å²) in [5, 5.41) is 3.37. The maximum absolute atomic E-state index is 5.45. The predicted molar refractivity (Wildman–Crippen MR) is 114 cm³/mol. The highest BCUT2D eigenvalue weighted by Crippen LogP contribution is 2.13. The molecule has 0 unspecified atom stereocenters. The minimum absolute atomic E-state index is 0. The summed E-state index contributed by atoms with van der Waals surface area (Å²) in [4.78, 5) is 8.24. The molecule has 0 atom stereocenters. The Labute approximate surface area is 168 Å². The number of hydrogen-bond donors (Lipinski definition) is 1. The Bertz CT molecular complexity index is 573. The van der Waals surface area contributed by atoms with Crippen molar-refractivity contribution >= 4 is 23.7 Å². The first-order valence-corrected chi connectivity index (χ1v) is 10.2. The third-order valence-electron chi connectivity index (χ3n) is 4.22. The Morgan fingerprint density at radius 1 is 1.19 bits per heavy atom. The molecule has 1 saturated heterocycles. The van der Waals surface area contributed by atoms with E-state index in [0.29, 0.717) is 0 Å². The number of thiazole rings is 1. The lowest BCUT2D eigenvalue weighted by molar-refractivity contribution is 0.244. The molecule has 1 aliphatic rings. The van der Waals surface area contributed by atoms with E-state index in [-0.39, 0.29) is 12.4 Å². The Morgan fingerprint density at radius 3 is 2.54 bits per heavy atom. The molecule has 1 N–H and O–H groups in total. The molecule has 26 heavy (non-hydrogen) atoms. The first-order valence-electron chi connectivity index (χ1n) is 9.29. The maximum Gasteiger partial charge on any atom is 0.119 e. The van der Waals surface area contributed by atoms with Gasteiger partial charge >= 0.3 is 0 Å². The van der Waals surface area contributed by atoms with E-state index >= 15 is 0 Å². The number of halogens is 1. The van der Waals surface area contributed by atoms with Crippen LogP contribution in [0.25, 0.3) is 0 Å². The van der Waals surface area contributed by atoms with Crippen molar-refractivity contribution < 1.29 is 4.74 Å². The number of piperazine rings is 1. The highest BCUT2D eigenvalue weighted by Gasteiger charge is 2.10. The molecular weight excluding hydrogens is 366 g/mol. The summed E-state index contributed by atoms with van der Waals surface area (Å²) in [6.45, 7) is 10.9. The van der Waals surface area contributed by atoms with Crippen LogP contribution in [0.1, 0.15) is 30.3 Å². The number of unbranched alkanes of at least 4 members (excludes halogenated alkanes) is 1. The van der Waals surface area contributed by atoms with Gasteiger partial charge in [0.05, 0.1) is 17.8 Å². The highest BCUT2D eigenvalue weighted by atomic mass is 35.5. The number of aryl methyl sites for hydroxylation is 1. The molecule has 3 rings (SSSR count). The van der Waals surface area contributed by atoms with Crippen molar-refractivity contribution in [1.29, 1.82) is 0 Å². The number of nitrogens with zero attached hydrogens (tertiary/aromatic N) is 2. The van der Waals surface area contributed by atoms with Gasteiger partial charge in [0.25, 0.3) is 0 Å². The van der Waals surface area contributed by atoms with Crippen LogP contribution in [-0.2, 0) is 6.42 Å². The summed E-state index contributed by atoms with van der Waals surface area (Å²) >= 11 is 1.78. The summed E-state index contributed by atoms with van der Waals surface area (Å²) in [7, 11) is 0. The van der Waals surface area contributed by atoms with Gasteiger partial charge in [0.1, 0.15) is 5.75 Å². The van der Waals surface area contributed by atoms with E-state index in [1.165, 1.54) is 36.6 Å². The molecular formula is C20H32ClN3OS. The van der Waals surface area contributed by atoms with Crippen molar-refractivity contribution in [3.8, 4) is 5.75 Å². The number of ether oxygens (including phenoxy) is 1. The number of hydrogen-bond acceptors (Lipinski definition) is 5. The zero-order chi connectivity index (χ0) is 17.7. The van der Waals surface area contributed by atoms with Crippen LogP contribution in [0.3, 0.4) is 0 Å². The van der Waals surface area contributed by atoms with E-state index in [0.717, 1.165) is 38.3 Å². The van der Waals surface area contributed by atoms with Crippen LogP contribution >= 0.6 is 23.7 Å². The quantitative estimate of drug-likeness (QED) is 0.711. The number of aromatic nitrogens is 1. The third-order valence-corrected chi connectivity index (χ3v) is 5.21. The Morgan fingerprint density at radius 2 is 1.92 bits per heavy atom. The van der Waals surface area contributed by atoms with Gasteiger partial charge in [0.15, 0.2) is 0 Å². The van der Waals surface area contributed by atoms with Gasteiger partial charge in [0, 0.05) is 37.6 Å². The monoisotopic (exact) mass is 397 g/mol. The highest BCUT2D eigenvalue weighted by molar-refractivity contribution is 7.09. The van der Waals surface area contributed by atoms with Crippen LogP contribution in [0.15, 0.2) is 35.8 Å². The van der Waals surface area contributed by atoms with Gasteiger partial charge < -0.3 is 15.0 Å². The topological polar surface area (TPSA) is 37.4 Å². The van der Waals surface area contributed by atoms with Gasteiger partial charge in [-0.05, 0) is 31.9 Å². The Kier molecular flexibility index (Phi) is 12.3. The fraction of sp³-hybridized carbons (Fsp3) is 0.550. The second-order valence-corrected chi connectivity index (χ2v) is 7.16. The van der Waals surface area contributed by atoms with Gasteiger partial charge in [-0.15, -0.1) is 23.7 Å². The Balaban J connectivity index is 0.000000258. The maximum atomic E-state index is 5.45. The first kappa shape index (κ1) is 22.9. The molecule has 6 heteroatoms. The smallest absolute Gasteiger partial charge is 0.119 e. The fourth-order valence-electron chi connectivity index (χ4n) is 2.61. The van der Waals surface area contributed by atoms with E-state index in [2.05, 4.69) is 29.0 Å². The van der Waals surface area contributed by atoms with E-state index in [4.69, 9.17) is 4.74 Å². The number of nitrogens with one attached hydrogen (secondary N) is 1. The van der Waals surface area contributed by atoms with Gasteiger partial charge in [-0.25, -0.2) is 4.98 Å². The molecule has 1 fully saturated rings. The van der Waals surface area contributed by atoms with E-state index in [1.54, 1.807) is 11.3 Å². The summed E-state index contributed by atoms with van der Waals surface area (Å²) in [6, 6.07) is 9.93. The molecule has 0 radical (unpaired) electrons. The second kappa shape index (κ2) is 14.0. The molecule has 0 amide bonds. The average molecular weight is 398 g/mol. The molecule has 0 bridgehead atoms. The average Bonchev–Trinajstić information content (AvgIpc) is 3.07. The van der Waals surface area contributed by atoms with Gasteiger partial charge in [-0.3, -0.25) is 0 Å². The van der Waals surface area contributed by atoms with Crippen molar-refractivity contribution in [2.75, 3.05) is 39.3 Å². The third kappa shape index (κ3) is 8.99. The summed E-state index contributed by atoms with van der Waals surface area (Å²) in [6.07, 6.45) is 3.48. The van der Waals surface area contributed by atoms with Crippen LogP contribution in [0.4, 0.5) is 0 Å². The van der Waals surface area contributed by atoms with Crippen LogP contribution in [-0.4, -0.2) is 49.2 Å². The molecule has 1 aromatic heterocycles. The zero-order valence-corrected chi connectivity index (χ0v) is 17.6. The van der Waals surface area contributed by atoms with Gasteiger partial charge in [-0.2, -0.15) is 0 Å². The largest absolute Gasteiger partial charge is 0.494 e. The minimum Gasteiger partial charge on any atom is -0.494 e. The summed E-state index contributed by atoms with van der Waals surface area (Å²) < 4.78 is 5.45. The number of rotatable bonds is 7. The summed E-state index contributed by atoms with van der Waals surface area (Å²) in [5.74, 6) is 0.973.